The quantitative estimate of drug-likeness (QED) is 0.119. The molecule has 1 aliphatic carbocycles. The van der Waals surface area contributed by atoms with Crippen molar-refractivity contribution in [3.05, 3.63) is 71.6 Å². The lowest BCUT2D eigenvalue weighted by Gasteiger charge is -2.30. The van der Waals surface area contributed by atoms with Crippen molar-refractivity contribution in [3.8, 4) is 33.8 Å². The highest BCUT2D eigenvalue weighted by atomic mass is 16.5. The number of carbonyl (C=O) groups is 4. The molecule has 4 N–H and O–H groups in total. The third kappa shape index (κ3) is 7.38. The van der Waals surface area contributed by atoms with Gasteiger partial charge >= 0.3 is 12.2 Å². The molecule has 5 heterocycles. The second-order valence-corrected chi connectivity index (χ2v) is 16.9. The Morgan fingerprint density at radius 2 is 1.25 bits per heavy atom. The molecule has 15 nitrogen and oxygen atoms in total. The van der Waals surface area contributed by atoms with Crippen molar-refractivity contribution in [2.45, 2.75) is 90.4 Å². The fourth-order valence-corrected chi connectivity index (χ4v) is 9.43. The maximum Gasteiger partial charge on any atom is 0.407 e. The average Bonchev–Trinajstić information content (AvgIpc) is 4.11. The number of carbonyl (C=O) groups excluding carboxylic acids is 4. The van der Waals surface area contributed by atoms with Gasteiger partial charge in [0.05, 0.1) is 55.8 Å². The number of aryl methyl sites for hydroxylation is 3. The minimum absolute atomic E-state index is 0.106. The van der Waals surface area contributed by atoms with Crippen molar-refractivity contribution >= 4 is 34.9 Å². The van der Waals surface area contributed by atoms with Crippen LogP contribution in [0.2, 0.25) is 0 Å². The predicted octanol–water partition coefficient (Wildman–Crippen LogP) is 6.81. The lowest BCUT2D eigenvalue weighted by molar-refractivity contribution is -0.136. The zero-order valence-electron chi connectivity index (χ0n) is 35.4. The minimum atomic E-state index is -0.691. The summed E-state index contributed by atoms with van der Waals surface area (Å²) in [5, 5.41) is 6.64. The number of nitrogens with one attached hydrogen (secondary N) is 4. The molecule has 1 unspecified atom stereocenters. The van der Waals surface area contributed by atoms with E-state index in [-0.39, 0.29) is 35.7 Å². The SMILES string of the molecule is COC(=O)NC(C(=O)N1CCC[C@H]1c1ncc(-c2ccc3c(c2)c2c(n3C)-c3ccc(-c4cnc([C@@H]5CCCN5C(=O)[C@@H](NC(=O)OC)C(C)C)[nH]4)cc3CC2)[nH]1)C(C)C. The van der Waals surface area contributed by atoms with Crippen molar-refractivity contribution in [2.24, 2.45) is 18.9 Å². The molecule has 3 aliphatic rings. The van der Waals surface area contributed by atoms with E-state index >= 15 is 0 Å². The Labute approximate surface area is 349 Å². The number of rotatable bonds is 10. The van der Waals surface area contributed by atoms with Crippen LogP contribution in [0.5, 0.6) is 0 Å². The monoisotopic (exact) mass is 817 g/mol. The molecule has 5 aromatic rings. The molecule has 15 heteroatoms. The molecule has 4 atom stereocenters. The smallest absolute Gasteiger partial charge is 0.407 e. The highest BCUT2D eigenvalue weighted by Gasteiger charge is 2.39. The molecule has 0 spiro atoms. The Kier molecular flexibility index (Phi) is 11.2. The van der Waals surface area contributed by atoms with Crippen molar-refractivity contribution in [2.75, 3.05) is 27.3 Å². The Balaban J connectivity index is 1.02. The Morgan fingerprint density at radius 3 is 1.77 bits per heavy atom. The summed E-state index contributed by atoms with van der Waals surface area (Å²) in [5.74, 6) is 1.00. The molecule has 0 radical (unpaired) electrons. The van der Waals surface area contributed by atoms with Crippen molar-refractivity contribution in [1.29, 1.82) is 0 Å². The molecular weight excluding hydrogens is 763 g/mol. The standard InChI is InChI=1S/C45H55N9O6/c1-24(2)37(50-44(57)59-6)42(55)53-18-8-10-35(53)40-46-22-32(48-40)27-13-15-29-26(20-27)12-16-30-31-21-28(14-17-34(31)52(5)39(29)30)33-23-47-41(49-33)36-11-9-19-54(36)43(56)38(25(3)4)51-45(58)60-7/h13-15,17,20-25,35-38H,8-12,16,18-19H2,1-7H3,(H,46,48)(H,47,49)(H,50,57)(H,51,58)/t35-,36-,37-,38?/m0/s1. The van der Waals surface area contributed by atoms with Crippen LogP contribution < -0.4 is 10.6 Å². The van der Waals surface area contributed by atoms with Gasteiger partial charge in [0.2, 0.25) is 11.8 Å². The molecule has 60 heavy (non-hydrogen) atoms. The third-order valence-electron chi connectivity index (χ3n) is 12.6. The topological polar surface area (TPSA) is 180 Å². The number of aromatic amines is 2. The van der Waals surface area contributed by atoms with E-state index in [1.165, 1.54) is 42.0 Å². The molecule has 0 bridgehead atoms. The van der Waals surface area contributed by atoms with Crippen molar-refractivity contribution in [1.82, 2.24) is 44.9 Å². The van der Waals surface area contributed by atoms with Gasteiger partial charge in [-0.2, -0.15) is 0 Å². The van der Waals surface area contributed by atoms with E-state index in [0.29, 0.717) is 13.1 Å². The van der Waals surface area contributed by atoms with E-state index < -0.39 is 24.3 Å². The van der Waals surface area contributed by atoms with E-state index in [0.717, 1.165) is 78.2 Å². The summed E-state index contributed by atoms with van der Waals surface area (Å²) in [6.07, 6.45) is 7.51. The number of imidazole rings is 2. The molecule has 4 amide bonds. The largest absolute Gasteiger partial charge is 0.453 e. The van der Waals surface area contributed by atoms with Crippen LogP contribution in [-0.4, -0.2) is 97.7 Å². The Hall–Kier alpha value is -6.12. The van der Waals surface area contributed by atoms with Crippen LogP contribution >= 0.6 is 0 Å². The van der Waals surface area contributed by atoms with E-state index in [1.54, 1.807) is 0 Å². The number of nitrogens with zero attached hydrogens (tertiary/aromatic N) is 5. The molecule has 2 aromatic carbocycles. The fourth-order valence-electron chi connectivity index (χ4n) is 9.43. The third-order valence-corrected chi connectivity index (χ3v) is 12.6. The molecule has 2 saturated heterocycles. The predicted molar refractivity (Wildman–Crippen MR) is 227 cm³/mol. The maximum atomic E-state index is 13.7. The number of aromatic nitrogens is 5. The normalized spacial score (nSPS) is 18.4. The second-order valence-electron chi connectivity index (χ2n) is 16.9. The first-order chi connectivity index (χ1) is 28.9. The number of benzene rings is 2. The van der Waals surface area contributed by atoms with Gasteiger partial charge in [-0.15, -0.1) is 0 Å². The Morgan fingerprint density at radius 1 is 0.733 bits per heavy atom. The first-order valence-corrected chi connectivity index (χ1v) is 21.0. The first kappa shape index (κ1) is 40.7. The minimum Gasteiger partial charge on any atom is -0.453 e. The van der Waals surface area contributed by atoms with Crippen LogP contribution in [0.1, 0.15) is 88.2 Å². The van der Waals surface area contributed by atoms with Crippen LogP contribution in [0.25, 0.3) is 44.7 Å². The van der Waals surface area contributed by atoms with Crippen LogP contribution in [0.3, 0.4) is 0 Å². The van der Waals surface area contributed by atoms with E-state index in [2.05, 4.69) is 68.6 Å². The number of likely N-dealkylation sites (tertiary alicyclic amines) is 2. The molecule has 2 aliphatic heterocycles. The van der Waals surface area contributed by atoms with Gasteiger partial charge in [-0.1, -0.05) is 45.9 Å². The molecular formula is C45H55N9O6. The number of fused-ring (bicyclic) bond motifs is 5. The van der Waals surface area contributed by atoms with Gasteiger partial charge in [0.15, 0.2) is 0 Å². The van der Waals surface area contributed by atoms with Crippen LogP contribution in [0.15, 0.2) is 48.8 Å². The van der Waals surface area contributed by atoms with E-state index in [9.17, 15) is 19.2 Å². The summed E-state index contributed by atoms with van der Waals surface area (Å²) in [4.78, 5) is 71.7. The molecule has 316 valence electrons. The van der Waals surface area contributed by atoms with Crippen LogP contribution in [-0.2, 0) is 39.0 Å². The number of methoxy groups -OCH3 is 2. The molecule has 3 aromatic heterocycles. The Bertz CT molecular complexity index is 2450. The first-order valence-electron chi connectivity index (χ1n) is 21.0. The summed E-state index contributed by atoms with van der Waals surface area (Å²) >= 11 is 0. The maximum absolute atomic E-state index is 13.7. The van der Waals surface area contributed by atoms with Crippen LogP contribution in [0, 0.1) is 11.8 Å². The molecule has 2 fully saturated rings. The molecule has 8 rings (SSSR count). The number of alkyl carbamates (subject to hydrolysis) is 2. The van der Waals surface area contributed by atoms with Gasteiger partial charge < -0.3 is 44.4 Å². The summed E-state index contributed by atoms with van der Waals surface area (Å²) in [6.45, 7) is 8.84. The van der Waals surface area contributed by atoms with Crippen molar-refractivity contribution in [3.63, 3.8) is 0 Å². The highest BCUT2D eigenvalue weighted by Crippen LogP contribution is 2.42. The number of hydrogen-bond acceptors (Lipinski definition) is 8. The zero-order valence-corrected chi connectivity index (χ0v) is 35.4. The van der Waals surface area contributed by atoms with Gasteiger partial charge in [-0.25, -0.2) is 19.6 Å². The van der Waals surface area contributed by atoms with E-state index in [4.69, 9.17) is 19.4 Å². The number of hydrogen-bond donors (Lipinski definition) is 4. The highest BCUT2D eigenvalue weighted by molar-refractivity contribution is 5.96. The van der Waals surface area contributed by atoms with Gasteiger partial charge in [0.25, 0.3) is 0 Å². The van der Waals surface area contributed by atoms with Gasteiger partial charge in [0.1, 0.15) is 23.7 Å². The lowest BCUT2D eigenvalue weighted by atomic mass is 9.87. The lowest BCUT2D eigenvalue weighted by Crippen LogP contribution is -2.51. The number of H-pyrrole nitrogens is 2. The van der Waals surface area contributed by atoms with Gasteiger partial charge in [0, 0.05) is 42.2 Å². The van der Waals surface area contributed by atoms with E-state index in [1.807, 2.05) is 49.9 Å². The van der Waals surface area contributed by atoms with Gasteiger partial charge in [-0.3, -0.25) is 9.59 Å². The number of amides is 4. The number of ether oxygens (including phenoxy) is 2. The second kappa shape index (κ2) is 16.5. The summed E-state index contributed by atoms with van der Waals surface area (Å²) in [5.41, 5.74) is 10.0. The summed E-state index contributed by atoms with van der Waals surface area (Å²) in [7, 11) is 4.72. The zero-order chi connectivity index (χ0) is 42.4. The summed E-state index contributed by atoms with van der Waals surface area (Å²) < 4.78 is 11.9. The summed E-state index contributed by atoms with van der Waals surface area (Å²) in [6, 6.07) is 11.3. The average molecular weight is 818 g/mol. The van der Waals surface area contributed by atoms with Crippen LogP contribution in [0.4, 0.5) is 9.59 Å². The fraction of sp³-hybridized carbons (Fsp3) is 0.467. The van der Waals surface area contributed by atoms with Gasteiger partial charge in [-0.05, 0) is 85.3 Å². The van der Waals surface area contributed by atoms with Crippen molar-refractivity contribution < 1.29 is 28.7 Å². The molecule has 0 saturated carbocycles.